The Morgan fingerprint density at radius 1 is 1.26 bits per heavy atom. The number of aromatic nitrogens is 2. The van der Waals surface area contributed by atoms with Gasteiger partial charge in [-0.15, -0.1) is 5.10 Å². The lowest BCUT2D eigenvalue weighted by Gasteiger charge is -2.10. The van der Waals surface area contributed by atoms with Gasteiger partial charge in [0.1, 0.15) is 6.61 Å². The van der Waals surface area contributed by atoms with Gasteiger partial charge in [-0.1, -0.05) is 31.2 Å². The molecule has 0 atom stereocenters. The van der Waals surface area contributed by atoms with Crippen LogP contribution >= 0.6 is 0 Å². The smallest absolute Gasteiger partial charge is 0.233 e. The highest BCUT2D eigenvalue weighted by Gasteiger charge is 2.04. The molecule has 1 aromatic heterocycles. The van der Waals surface area contributed by atoms with Crippen molar-refractivity contribution in [2.24, 2.45) is 0 Å². The fourth-order valence-electron chi connectivity index (χ4n) is 1.89. The van der Waals surface area contributed by atoms with E-state index < -0.39 is 0 Å². The number of rotatable bonds is 7. The van der Waals surface area contributed by atoms with Gasteiger partial charge >= 0.3 is 0 Å². The largest absolute Gasteiger partial charge is 0.472 e. The van der Waals surface area contributed by atoms with Crippen molar-refractivity contribution in [1.29, 1.82) is 0 Å². The lowest BCUT2D eigenvalue weighted by molar-refractivity contribution is 0.292. The molecule has 0 aliphatic heterocycles. The standard InChI is InChI=1S/C15H21N3O/c1-3-8-16-10-13-6-4-5-7-14(13)11-19-15-9-12(2)17-18-15/h4-7,9,16H,3,8,10-11H2,1-2H3,(H,17,18). The van der Waals surface area contributed by atoms with Gasteiger partial charge in [-0.3, -0.25) is 5.10 Å². The molecule has 2 rings (SSSR count). The van der Waals surface area contributed by atoms with Crippen LogP contribution < -0.4 is 10.1 Å². The van der Waals surface area contributed by atoms with Gasteiger partial charge in [-0.25, -0.2) is 0 Å². The Morgan fingerprint density at radius 2 is 2.05 bits per heavy atom. The number of H-pyrrole nitrogens is 1. The van der Waals surface area contributed by atoms with Crippen molar-refractivity contribution in [2.45, 2.75) is 33.4 Å². The summed E-state index contributed by atoms with van der Waals surface area (Å²) in [5.41, 5.74) is 3.49. The molecule has 0 bridgehead atoms. The molecule has 0 unspecified atom stereocenters. The Hall–Kier alpha value is -1.81. The summed E-state index contributed by atoms with van der Waals surface area (Å²) in [5, 5.41) is 10.4. The first kappa shape index (κ1) is 13.6. The van der Waals surface area contributed by atoms with Crippen molar-refractivity contribution in [3.63, 3.8) is 0 Å². The summed E-state index contributed by atoms with van der Waals surface area (Å²) >= 11 is 0. The predicted molar refractivity (Wildman–Crippen MR) is 76.1 cm³/mol. The van der Waals surface area contributed by atoms with Gasteiger partial charge in [0.2, 0.25) is 5.88 Å². The molecule has 1 aromatic carbocycles. The zero-order chi connectivity index (χ0) is 13.5. The van der Waals surface area contributed by atoms with E-state index in [1.54, 1.807) is 0 Å². The quantitative estimate of drug-likeness (QED) is 0.752. The molecule has 19 heavy (non-hydrogen) atoms. The van der Waals surface area contributed by atoms with Crippen LogP contribution in [0.2, 0.25) is 0 Å². The lowest BCUT2D eigenvalue weighted by Crippen LogP contribution is -2.15. The summed E-state index contributed by atoms with van der Waals surface area (Å²) < 4.78 is 5.69. The minimum atomic E-state index is 0.550. The number of nitrogens with zero attached hydrogens (tertiary/aromatic N) is 1. The van der Waals surface area contributed by atoms with Gasteiger partial charge in [-0.2, -0.15) is 0 Å². The third-order valence-electron chi connectivity index (χ3n) is 2.92. The van der Waals surface area contributed by atoms with E-state index in [0.29, 0.717) is 12.5 Å². The second-order valence-electron chi connectivity index (χ2n) is 4.62. The van der Waals surface area contributed by atoms with E-state index in [1.165, 1.54) is 11.1 Å². The van der Waals surface area contributed by atoms with E-state index in [4.69, 9.17) is 4.74 Å². The maximum Gasteiger partial charge on any atom is 0.233 e. The molecule has 1 heterocycles. The summed E-state index contributed by atoms with van der Waals surface area (Å²) in [6.45, 7) is 6.60. The third-order valence-corrected chi connectivity index (χ3v) is 2.92. The molecule has 0 saturated heterocycles. The molecule has 102 valence electrons. The van der Waals surface area contributed by atoms with Crippen molar-refractivity contribution >= 4 is 0 Å². The first-order chi connectivity index (χ1) is 9.29. The Labute approximate surface area is 114 Å². The summed E-state index contributed by atoms with van der Waals surface area (Å²) in [6.07, 6.45) is 1.14. The molecule has 4 nitrogen and oxygen atoms in total. The second-order valence-corrected chi connectivity index (χ2v) is 4.62. The highest BCUT2D eigenvalue weighted by Crippen LogP contribution is 2.13. The molecule has 2 N–H and O–H groups in total. The fourth-order valence-corrected chi connectivity index (χ4v) is 1.89. The zero-order valence-electron chi connectivity index (χ0n) is 11.6. The number of hydrogen-bond acceptors (Lipinski definition) is 3. The number of benzene rings is 1. The Balaban J connectivity index is 1.95. The van der Waals surface area contributed by atoms with Gasteiger partial charge in [0.15, 0.2) is 0 Å². The van der Waals surface area contributed by atoms with Crippen LogP contribution in [0.25, 0.3) is 0 Å². The van der Waals surface area contributed by atoms with Crippen LogP contribution in [-0.2, 0) is 13.2 Å². The number of ether oxygens (including phenoxy) is 1. The van der Waals surface area contributed by atoms with Gasteiger partial charge in [0.05, 0.1) is 0 Å². The van der Waals surface area contributed by atoms with Crippen LogP contribution in [0.5, 0.6) is 5.88 Å². The minimum Gasteiger partial charge on any atom is -0.472 e. The summed E-state index contributed by atoms with van der Waals surface area (Å²) in [5.74, 6) is 0.647. The topological polar surface area (TPSA) is 49.9 Å². The minimum absolute atomic E-state index is 0.550. The van der Waals surface area contributed by atoms with E-state index in [2.05, 4.69) is 40.6 Å². The van der Waals surface area contributed by atoms with Crippen LogP contribution in [0.3, 0.4) is 0 Å². The predicted octanol–water partition coefficient (Wildman–Crippen LogP) is 2.80. The molecular weight excluding hydrogens is 238 g/mol. The van der Waals surface area contributed by atoms with Crippen molar-refractivity contribution < 1.29 is 4.74 Å². The summed E-state index contributed by atoms with van der Waals surface area (Å²) in [6, 6.07) is 10.2. The van der Waals surface area contributed by atoms with Crippen molar-refractivity contribution in [3.05, 3.63) is 47.2 Å². The Kier molecular flexibility index (Phi) is 4.98. The number of aryl methyl sites for hydroxylation is 1. The van der Waals surface area contributed by atoms with Gasteiger partial charge in [-0.05, 0) is 31.0 Å². The first-order valence-electron chi connectivity index (χ1n) is 6.72. The van der Waals surface area contributed by atoms with E-state index in [9.17, 15) is 0 Å². The normalized spacial score (nSPS) is 10.6. The molecule has 0 amide bonds. The second kappa shape index (κ2) is 6.95. The summed E-state index contributed by atoms with van der Waals surface area (Å²) in [4.78, 5) is 0. The summed E-state index contributed by atoms with van der Waals surface area (Å²) in [7, 11) is 0. The van der Waals surface area contributed by atoms with Crippen LogP contribution in [0, 0.1) is 6.92 Å². The average Bonchev–Trinajstić information content (AvgIpc) is 2.84. The maximum atomic E-state index is 5.69. The van der Waals surface area contributed by atoms with Crippen LogP contribution in [0.4, 0.5) is 0 Å². The fraction of sp³-hybridized carbons (Fsp3) is 0.400. The van der Waals surface area contributed by atoms with E-state index in [-0.39, 0.29) is 0 Å². The number of nitrogens with one attached hydrogen (secondary N) is 2. The molecule has 0 aliphatic carbocycles. The maximum absolute atomic E-state index is 5.69. The van der Waals surface area contributed by atoms with Crippen LogP contribution in [0.1, 0.15) is 30.2 Å². The van der Waals surface area contributed by atoms with E-state index in [0.717, 1.165) is 25.2 Å². The van der Waals surface area contributed by atoms with Gasteiger partial charge in [0, 0.05) is 18.3 Å². The number of aromatic amines is 1. The molecule has 2 aromatic rings. The highest BCUT2D eigenvalue weighted by atomic mass is 16.5. The van der Waals surface area contributed by atoms with Gasteiger partial charge < -0.3 is 10.1 Å². The van der Waals surface area contributed by atoms with Crippen molar-refractivity contribution in [3.8, 4) is 5.88 Å². The SMILES string of the molecule is CCCNCc1ccccc1COc1cc(C)[nH]n1. The number of hydrogen-bond donors (Lipinski definition) is 2. The molecule has 0 spiro atoms. The third kappa shape index (κ3) is 4.10. The van der Waals surface area contributed by atoms with E-state index in [1.807, 2.05) is 19.1 Å². The monoisotopic (exact) mass is 259 g/mol. The highest BCUT2D eigenvalue weighted by molar-refractivity contribution is 5.27. The van der Waals surface area contributed by atoms with Gasteiger partial charge in [0.25, 0.3) is 0 Å². The zero-order valence-corrected chi connectivity index (χ0v) is 11.6. The first-order valence-corrected chi connectivity index (χ1v) is 6.72. The lowest BCUT2D eigenvalue weighted by atomic mass is 10.1. The molecule has 0 aliphatic rings. The molecule has 0 fully saturated rings. The van der Waals surface area contributed by atoms with E-state index >= 15 is 0 Å². The Morgan fingerprint density at radius 3 is 2.74 bits per heavy atom. The Bertz CT molecular complexity index is 508. The van der Waals surface area contributed by atoms with Crippen LogP contribution in [-0.4, -0.2) is 16.7 Å². The van der Waals surface area contributed by atoms with Crippen LogP contribution in [0.15, 0.2) is 30.3 Å². The van der Waals surface area contributed by atoms with Crippen molar-refractivity contribution in [2.75, 3.05) is 6.54 Å². The molecule has 4 heteroatoms. The molecular formula is C15H21N3O. The average molecular weight is 259 g/mol. The van der Waals surface area contributed by atoms with Crippen molar-refractivity contribution in [1.82, 2.24) is 15.5 Å². The molecule has 0 saturated carbocycles. The molecule has 0 radical (unpaired) electrons.